The molecule has 1 aromatic heterocycles. The lowest BCUT2D eigenvalue weighted by molar-refractivity contribution is 0.0936. The van der Waals surface area contributed by atoms with Crippen LogP contribution in [-0.2, 0) is 0 Å². The van der Waals surface area contributed by atoms with Gasteiger partial charge >= 0.3 is 0 Å². The number of carbonyl (C=O) groups excluding carboxylic acids is 1. The number of nitrogens with one attached hydrogen (secondary N) is 1. The van der Waals surface area contributed by atoms with Gasteiger partial charge in [-0.3, -0.25) is 4.79 Å². The van der Waals surface area contributed by atoms with Crippen LogP contribution >= 0.6 is 0 Å². The number of aliphatic hydroxyl groups excluding tert-OH is 1. The first kappa shape index (κ1) is 14.2. The number of carbonyl (C=O) groups is 1. The van der Waals surface area contributed by atoms with Crippen LogP contribution < -0.4 is 5.32 Å². The summed E-state index contributed by atoms with van der Waals surface area (Å²) in [6.45, 7) is 2.07. The first-order valence-electron chi connectivity index (χ1n) is 6.59. The topological polar surface area (TPSA) is 80.0 Å². The zero-order chi connectivity index (χ0) is 14.4. The van der Waals surface area contributed by atoms with Gasteiger partial charge in [0.2, 0.25) is 0 Å². The van der Waals surface area contributed by atoms with E-state index >= 15 is 0 Å². The van der Waals surface area contributed by atoms with Crippen LogP contribution in [-0.4, -0.2) is 38.7 Å². The Bertz CT molecular complexity index is 554. The van der Waals surface area contributed by atoms with E-state index in [0.29, 0.717) is 12.0 Å². The molecule has 0 radical (unpaired) electrons. The van der Waals surface area contributed by atoms with Gasteiger partial charge in [0.25, 0.3) is 5.91 Å². The molecule has 20 heavy (non-hydrogen) atoms. The molecule has 1 heterocycles. The highest BCUT2D eigenvalue weighted by Gasteiger charge is 2.10. The Labute approximate surface area is 117 Å². The van der Waals surface area contributed by atoms with Crippen molar-refractivity contribution in [2.75, 3.05) is 6.61 Å². The maximum absolute atomic E-state index is 12.1. The van der Waals surface area contributed by atoms with Gasteiger partial charge in [0.15, 0.2) is 0 Å². The van der Waals surface area contributed by atoms with E-state index < -0.39 is 0 Å². The summed E-state index contributed by atoms with van der Waals surface area (Å²) >= 11 is 0. The molecule has 0 aliphatic rings. The maximum Gasteiger partial charge on any atom is 0.251 e. The van der Waals surface area contributed by atoms with E-state index in [0.717, 1.165) is 12.1 Å². The molecule has 0 aliphatic carbocycles. The van der Waals surface area contributed by atoms with Crippen LogP contribution in [0.25, 0.3) is 5.69 Å². The van der Waals surface area contributed by atoms with Crippen molar-refractivity contribution in [3.63, 3.8) is 0 Å². The van der Waals surface area contributed by atoms with Crippen molar-refractivity contribution in [2.24, 2.45) is 0 Å². The van der Waals surface area contributed by atoms with Crippen LogP contribution in [0, 0.1) is 0 Å². The molecule has 0 fully saturated rings. The van der Waals surface area contributed by atoms with Crippen molar-refractivity contribution < 1.29 is 9.90 Å². The molecular weight excluding hydrogens is 256 g/mol. The lowest BCUT2D eigenvalue weighted by Crippen LogP contribution is -2.32. The molecule has 106 valence electrons. The number of rotatable bonds is 6. The molecule has 6 heteroatoms. The van der Waals surface area contributed by atoms with Crippen LogP contribution in [0.15, 0.2) is 36.7 Å². The Morgan fingerprint density at radius 3 is 3.05 bits per heavy atom. The Morgan fingerprint density at radius 1 is 1.50 bits per heavy atom. The van der Waals surface area contributed by atoms with Crippen molar-refractivity contribution in [3.8, 4) is 5.69 Å². The van der Waals surface area contributed by atoms with E-state index in [-0.39, 0.29) is 18.6 Å². The quantitative estimate of drug-likeness (QED) is 0.828. The zero-order valence-electron chi connectivity index (χ0n) is 11.4. The minimum absolute atomic E-state index is 0.0321. The average molecular weight is 274 g/mol. The lowest BCUT2D eigenvalue weighted by atomic mass is 10.1. The molecule has 1 amide bonds. The van der Waals surface area contributed by atoms with E-state index in [2.05, 4.69) is 15.6 Å². The monoisotopic (exact) mass is 274 g/mol. The van der Waals surface area contributed by atoms with Gasteiger partial charge in [-0.15, -0.1) is 5.10 Å². The number of hydrogen-bond acceptors (Lipinski definition) is 4. The average Bonchev–Trinajstić information content (AvgIpc) is 2.99. The minimum atomic E-state index is -0.127. The van der Waals surface area contributed by atoms with E-state index in [1.807, 2.05) is 19.1 Å². The summed E-state index contributed by atoms with van der Waals surface area (Å²) in [6, 6.07) is 7.23. The molecule has 2 aromatic rings. The van der Waals surface area contributed by atoms with Crippen LogP contribution in [0.5, 0.6) is 0 Å². The Balaban J connectivity index is 2.05. The van der Waals surface area contributed by atoms with Gasteiger partial charge in [0, 0.05) is 18.2 Å². The van der Waals surface area contributed by atoms with E-state index in [9.17, 15) is 4.79 Å². The second-order valence-corrected chi connectivity index (χ2v) is 4.64. The lowest BCUT2D eigenvalue weighted by Gasteiger charge is -2.13. The molecule has 1 unspecified atom stereocenters. The second-order valence-electron chi connectivity index (χ2n) is 4.64. The molecule has 2 rings (SSSR count). The number of hydrogen-bond donors (Lipinski definition) is 2. The maximum atomic E-state index is 12.1. The first-order valence-corrected chi connectivity index (χ1v) is 6.59. The summed E-state index contributed by atoms with van der Waals surface area (Å²) in [6.07, 6.45) is 4.75. The number of benzene rings is 1. The highest BCUT2D eigenvalue weighted by Crippen LogP contribution is 2.09. The van der Waals surface area contributed by atoms with E-state index in [1.54, 1.807) is 29.2 Å². The fourth-order valence-electron chi connectivity index (χ4n) is 1.91. The van der Waals surface area contributed by atoms with Gasteiger partial charge in [-0.25, -0.2) is 4.68 Å². The number of aromatic nitrogens is 3. The Hall–Kier alpha value is -2.21. The van der Waals surface area contributed by atoms with Crippen LogP contribution in [0.4, 0.5) is 0 Å². The smallest absolute Gasteiger partial charge is 0.251 e. The third kappa shape index (κ3) is 3.64. The molecule has 0 aliphatic heterocycles. The van der Waals surface area contributed by atoms with Gasteiger partial charge < -0.3 is 10.4 Å². The molecule has 0 saturated carbocycles. The van der Waals surface area contributed by atoms with Gasteiger partial charge in [0.05, 0.1) is 18.1 Å². The number of aliphatic hydroxyl groups is 1. The number of nitrogens with zero attached hydrogens (tertiary/aromatic N) is 3. The fourth-order valence-corrected chi connectivity index (χ4v) is 1.91. The van der Waals surface area contributed by atoms with Crippen LogP contribution in [0.3, 0.4) is 0 Å². The van der Waals surface area contributed by atoms with Crippen molar-refractivity contribution in [3.05, 3.63) is 42.2 Å². The molecule has 1 aromatic carbocycles. The van der Waals surface area contributed by atoms with Crippen LogP contribution in [0.1, 0.15) is 30.1 Å². The Morgan fingerprint density at radius 2 is 2.35 bits per heavy atom. The van der Waals surface area contributed by atoms with Crippen molar-refractivity contribution in [1.82, 2.24) is 20.3 Å². The summed E-state index contributed by atoms with van der Waals surface area (Å²) < 4.78 is 1.60. The van der Waals surface area contributed by atoms with Crippen LogP contribution in [0.2, 0.25) is 0 Å². The fraction of sp³-hybridized carbons (Fsp3) is 0.357. The predicted octanol–water partition coefficient (Wildman–Crippen LogP) is 1.16. The predicted molar refractivity (Wildman–Crippen MR) is 74.6 cm³/mol. The summed E-state index contributed by atoms with van der Waals surface area (Å²) in [4.78, 5) is 12.1. The third-order valence-corrected chi connectivity index (χ3v) is 2.97. The molecule has 6 nitrogen and oxygen atoms in total. The van der Waals surface area contributed by atoms with Crippen molar-refractivity contribution >= 4 is 5.91 Å². The molecule has 1 atom stereocenters. The van der Waals surface area contributed by atoms with E-state index in [4.69, 9.17) is 5.11 Å². The molecule has 2 N–H and O–H groups in total. The van der Waals surface area contributed by atoms with Gasteiger partial charge in [-0.2, -0.15) is 0 Å². The van der Waals surface area contributed by atoms with Gasteiger partial charge in [-0.1, -0.05) is 11.3 Å². The van der Waals surface area contributed by atoms with E-state index in [1.165, 1.54) is 0 Å². The highest BCUT2D eigenvalue weighted by atomic mass is 16.3. The van der Waals surface area contributed by atoms with Gasteiger partial charge in [0.1, 0.15) is 0 Å². The SMILES string of the molecule is CC(CCCO)NC(=O)c1cccc(-n2ccnn2)c1. The normalized spacial score (nSPS) is 12.1. The summed E-state index contributed by atoms with van der Waals surface area (Å²) in [7, 11) is 0. The zero-order valence-corrected chi connectivity index (χ0v) is 11.4. The molecule has 0 bridgehead atoms. The standard InChI is InChI=1S/C14H18N4O2/c1-11(4-3-9-19)16-14(20)12-5-2-6-13(10-12)18-8-7-15-17-18/h2,5-8,10-11,19H,3-4,9H2,1H3,(H,16,20). The van der Waals surface area contributed by atoms with Crippen molar-refractivity contribution in [1.29, 1.82) is 0 Å². The second kappa shape index (κ2) is 6.81. The summed E-state index contributed by atoms with van der Waals surface area (Å²) in [5, 5.41) is 19.3. The summed E-state index contributed by atoms with van der Waals surface area (Å²) in [5.41, 5.74) is 1.37. The molecule has 0 spiro atoms. The van der Waals surface area contributed by atoms with Crippen molar-refractivity contribution in [2.45, 2.75) is 25.8 Å². The first-order chi connectivity index (χ1) is 9.70. The highest BCUT2D eigenvalue weighted by molar-refractivity contribution is 5.94. The minimum Gasteiger partial charge on any atom is -0.396 e. The molecular formula is C14H18N4O2. The summed E-state index contributed by atoms with van der Waals surface area (Å²) in [5.74, 6) is -0.127. The molecule has 0 saturated heterocycles. The Kier molecular flexibility index (Phi) is 4.84. The van der Waals surface area contributed by atoms with Gasteiger partial charge in [-0.05, 0) is 38.0 Å². The number of amides is 1. The third-order valence-electron chi connectivity index (χ3n) is 2.97. The largest absolute Gasteiger partial charge is 0.396 e.